The Labute approximate surface area is 57.0 Å². The zero-order valence-corrected chi connectivity index (χ0v) is 5.07. The summed E-state index contributed by atoms with van der Waals surface area (Å²) in [6, 6.07) is 0. The monoisotopic (exact) mass is 146 g/mol. The van der Waals surface area contributed by atoms with E-state index in [1.807, 2.05) is 0 Å². The van der Waals surface area contributed by atoms with Gasteiger partial charge in [-0.05, 0) is 6.08 Å². The van der Waals surface area contributed by atoms with Crippen LogP contribution >= 0.6 is 0 Å². The Morgan fingerprint density at radius 1 is 1.50 bits per heavy atom. The lowest BCUT2D eigenvalue weighted by molar-refractivity contribution is -0.0871. The minimum Gasteiger partial charge on any atom is -0.165 e. The lowest BCUT2D eigenvalue weighted by atomic mass is 10.2. The van der Waals surface area contributed by atoms with Crippen LogP contribution < -0.4 is 0 Å². The van der Waals surface area contributed by atoms with Crippen molar-refractivity contribution in [2.45, 2.75) is 6.18 Å². The van der Waals surface area contributed by atoms with Crippen molar-refractivity contribution in [3.8, 4) is 12.3 Å². The van der Waals surface area contributed by atoms with Crippen molar-refractivity contribution in [1.29, 1.82) is 0 Å². The molecule has 0 aliphatic carbocycles. The van der Waals surface area contributed by atoms with Crippen molar-refractivity contribution in [2.24, 2.45) is 0 Å². The standard InChI is InChI=1S/C7H5F3/c1-3-5-6(4-2)7(8,9)10/h2-3,5H,1H2/b6-5+. The van der Waals surface area contributed by atoms with E-state index >= 15 is 0 Å². The van der Waals surface area contributed by atoms with E-state index < -0.39 is 11.7 Å². The van der Waals surface area contributed by atoms with Crippen LogP contribution in [-0.4, -0.2) is 6.18 Å². The van der Waals surface area contributed by atoms with Crippen molar-refractivity contribution < 1.29 is 13.2 Å². The molecule has 0 aromatic heterocycles. The van der Waals surface area contributed by atoms with Crippen LogP contribution in [0.3, 0.4) is 0 Å². The molecule has 0 radical (unpaired) electrons. The molecular weight excluding hydrogens is 141 g/mol. The molecule has 0 aliphatic rings. The van der Waals surface area contributed by atoms with E-state index in [0.717, 1.165) is 12.2 Å². The van der Waals surface area contributed by atoms with Gasteiger partial charge in [-0.2, -0.15) is 13.2 Å². The van der Waals surface area contributed by atoms with Crippen LogP contribution in [0.2, 0.25) is 0 Å². The van der Waals surface area contributed by atoms with Gasteiger partial charge in [0.05, 0.1) is 0 Å². The fourth-order valence-corrected chi connectivity index (χ4v) is 0.342. The predicted octanol–water partition coefficient (Wildman–Crippen LogP) is 2.29. The fraction of sp³-hybridized carbons (Fsp3) is 0.143. The molecule has 0 saturated heterocycles. The van der Waals surface area contributed by atoms with Crippen molar-refractivity contribution >= 4 is 0 Å². The van der Waals surface area contributed by atoms with E-state index in [1.165, 1.54) is 5.92 Å². The molecule has 0 N–H and O–H groups in total. The lowest BCUT2D eigenvalue weighted by Crippen LogP contribution is -2.09. The molecule has 10 heavy (non-hydrogen) atoms. The highest BCUT2D eigenvalue weighted by molar-refractivity contribution is 5.32. The molecule has 0 fully saturated rings. The normalized spacial score (nSPS) is 12.4. The molecule has 0 spiro atoms. The minimum absolute atomic E-state index is 0.750. The van der Waals surface area contributed by atoms with Crippen molar-refractivity contribution in [1.82, 2.24) is 0 Å². The van der Waals surface area contributed by atoms with Crippen LogP contribution in [0.15, 0.2) is 24.3 Å². The number of hydrogen-bond acceptors (Lipinski definition) is 0. The molecular formula is C7H5F3. The number of terminal acetylenes is 1. The molecule has 0 bridgehead atoms. The Kier molecular flexibility index (Phi) is 2.75. The van der Waals surface area contributed by atoms with Crippen LogP contribution in [0.25, 0.3) is 0 Å². The highest BCUT2D eigenvalue weighted by atomic mass is 19.4. The van der Waals surface area contributed by atoms with E-state index in [2.05, 4.69) is 13.0 Å². The molecule has 0 rings (SSSR count). The highest BCUT2D eigenvalue weighted by Gasteiger charge is 2.31. The SMILES string of the molecule is C#C/C(=C\C=C)C(F)(F)F. The first-order chi connectivity index (χ1) is 4.52. The topological polar surface area (TPSA) is 0 Å². The zero-order valence-electron chi connectivity index (χ0n) is 5.07. The molecule has 0 aliphatic heterocycles. The summed E-state index contributed by atoms with van der Waals surface area (Å²) in [5.41, 5.74) is -1.01. The summed E-state index contributed by atoms with van der Waals surface area (Å²) in [6.07, 6.45) is 1.88. The summed E-state index contributed by atoms with van der Waals surface area (Å²) < 4.78 is 34.9. The van der Waals surface area contributed by atoms with Gasteiger partial charge in [-0.1, -0.05) is 18.6 Å². The van der Waals surface area contributed by atoms with Crippen molar-refractivity contribution in [3.63, 3.8) is 0 Å². The van der Waals surface area contributed by atoms with Gasteiger partial charge in [0.2, 0.25) is 0 Å². The third kappa shape index (κ3) is 2.40. The van der Waals surface area contributed by atoms with Gasteiger partial charge in [0.15, 0.2) is 0 Å². The van der Waals surface area contributed by atoms with Crippen LogP contribution in [0.1, 0.15) is 0 Å². The van der Waals surface area contributed by atoms with E-state index in [9.17, 15) is 13.2 Å². The summed E-state index contributed by atoms with van der Waals surface area (Å²) in [7, 11) is 0. The average molecular weight is 146 g/mol. The van der Waals surface area contributed by atoms with Gasteiger partial charge >= 0.3 is 6.18 Å². The first-order valence-corrected chi connectivity index (χ1v) is 2.39. The van der Waals surface area contributed by atoms with Crippen LogP contribution in [-0.2, 0) is 0 Å². The highest BCUT2D eigenvalue weighted by Crippen LogP contribution is 2.24. The van der Waals surface area contributed by atoms with Crippen LogP contribution in [0.5, 0.6) is 0 Å². The largest absolute Gasteiger partial charge is 0.424 e. The summed E-state index contributed by atoms with van der Waals surface area (Å²) in [5, 5.41) is 0. The maximum absolute atomic E-state index is 11.6. The molecule has 0 atom stereocenters. The molecule has 0 aromatic carbocycles. The first-order valence-electron chi connectivity index (χ1n) is 2.39. The first kappa shape index (κ1) is 8.83. The molecule has 0 unspecified atom stereocenters. The van der Waals surface area contributed by atoms with Gasteiger partial charge in [-0.3, -0.25) is 0 Å². The number of alkyl halides is 3. The Bertz CT molecular complexity index is 190. The Hall–Kier alpha value is -1.17. The third-order valence-corrected chi connectivity index (χ3v) is 0.745. The summed E-state index contributed by atoms with van der Waals surface area (Å²) in [4.78, 5) is 0. The number of hydrogen-bond donors (Lipinski definition) is 0. The van der Waals surface area contributed by atoms with E-state index in [1.54, 1.807) is 0 Å². The Morgan fingerprint density at radius 2 is 2.00 bits per heavy atom. The summed E-state index contributed by atoms with van der Waals surface area (Å²) >= 11 is 0. The predicted molar refractivity (Wildman–Crippen MR) is 33.2 cm³/mol. The van der Waals surface area contributed by atoms with Crippen LogP contribution in [0.4, 0.5) is 13.2 Å². The van der Waals surface area contributed by atoms with Gasteiger partial charge in [0, 0.05) is 0 Å². The van der Waals surface area contributed by atoms with Gasteiger partial charge < -0.3 is 0 Å². The van der Waals surface area contributed by atoms with E-state index in [0.29, 0.717) is 0 Å². The van der Waals surface area contributed by atoms with Gasteiger partial charge in [0.25, 0.3) is 0 Å². The molecule has 3 heteroatoms. The van der Waals surface area contributed by atoms with Crippen molar-refractivity contribution in [3.05, 3.63) is 24.3 Å². The minimum atomic E-state index is -4.43. The van der Waals surface area contributed by atoms with Gasteiger partial charge in [-0.25, -0.2) is 0 Å². The van der Waals surface area contributed by atoms with Gasteiger partial charge in [0.1, 0.15) is 5.57 Å². The quantitative estimate of drug-likeness (QED) is 0.393. The molecule has 0 aromatic rings. The van der Waals surface area contributed by atoms with Crippen molar-refractivity contribution in [2.75, 3.05) is 0 Å². The van der Waals surface area contributed by atoms with Crippen LogP contribution in [0, 0.1) is 12.3 Å². The Balaban J connectivity index is 4.57. The van der Waals surface area contributed by atoms with Gasteiger partial charge in [-0.15, -0.1) is 6.42 Å². The Morgan fingerprint density at radius 3 is 2.10 bits per heavy atom. The number of allylic oxidation sites excluding steroid dienone is 3. The molecule has 0 saturated carbocycles. The molecule has 0 nitrogen and oxygen atoms in total. The molecule has 0 amide bonds. The summed E-state index contributed by atoms with van der Waals surface area (Å²) in [5.74, 6) is 1.51. The maximum atomic E-state index is 11.6. The van der Waals surface area contributed by atoms with E-state index in [-0.39, 0.29) is 0 Å². The average Bonchev–Trinajstić information content (AvgIpc) is 1.80. The lowest BCUT2D eigenvalue weighted by Gasteiger charge is -2.02. The number of halogens is 3. The third-order valence-electron chi connectivity index (χ3n) is 0.745. The molecule has 0 heterocycles. The second-order valence-electron chi connectivity index (χ2n) is 1.46. The molecule has 54 valence electrons. The zero-order chi connectivity index (χ0) is 8.20. The maximum Gasteiger partial charge on any atom is 0.424 e. The summed E-state index contributed by atoms with van der Waals surface area (Å²) in [6.45, 7) is 3.09. The second-order valence-corrected chi connectivity index (χ2v) is 1.46. The van der Waals surface area contributed by atoms with E-state index in [4.69, 9.17) is 0 Å². The second kappa shape index (κ2) is 3.11. The number of rotatable bonds is 1. The smallest absolute Gasteiger partial charge is 0.165 e. The fourth-order valence-electron chi connectivity index (χ4n) is 0.342.